The predicted molar refractivity (Wildman–Crippen MR) is 120 cm³/mol. The van der Waals surface area contributed by atoms with Gasteiger partial charge in [0.2, 0.25) is 0 Å². The molecule has 0 spiro atoms. The number of rotatable bonds is 8. The summed E-state index contributed by atoms with van der Waals surface area (Å²) in [5.41, 5.74) is 1.52. The van der Waals surface area contributed by atoms with Crippen LogP contribution in [-0.4, -0.2) is 75.9 Å². The van der Waals surface area contributed by atoms with E-state index in [2.05, 4.69) is 25.1 Å². The normalized spacial score (nSPS) is 21.1. The Bertz CT molecular complexity index is 1020. The molecule has 0 bridgehead atoms. The Balaban J connectivity index is 1.53. The van der Waals surface area contributed by atoms with E-state index in [4.69, 9.17) is 14.2 Å². The number of imidazole rings is 1. The van der Waals surface area contributed by atoms with Crippen LogP contribution in [0.2, 0.25) is 0 Å². The number of aromatic nitrogens is 5. The molecule has 3 aromatic rings. The van der Waals surface area contributed by atoms with Crippen LogP contribution in [0.15, 0.2) is 43.1 Å². The van der Waals surface area contributed by atoms with Gasteiger partial charge in [-0.1, -0.05) is 0 Å². The highest BCUT2D eigenvalue weighted by Crippen LogP contribution is 2.31. The van der Waals surface area contributed by atoms with Gasteiger partial charge in [0.05, 0.1) is 23.8 Å². The van der Waals surface area contributed by atoms with Crippen LogP contribution in [0.4, 0.5) is 4.39 Å². The van der Waals surface area contributed by atoms with E-state index in [1.54, 1.807) is 19.6 Å². The van der Waals surface area contributed by atoms with Gasteiger partial charge in [0.15, 0.2) is 12.6 Å². The van der Waals surface area contributed by atoms with Crippen LogP contribution in [0.5, 0.6) is 11.6 Å². The van der Waals surface area contributed by atoms with Crippen LogP contribution in [-0.2, 0) is 4.74 Å². The van der Waals surface area contributed by atoms with Gasteiger partial charge >= 0.3 is 0 Å². The van der Waals surface area contributed by atoms with E-state index in [0.717, 1.165) is 18.5 Å². The number of halogens is 1. The maximum Gasteiger partial charge on any atom is 0.252 e. The maximum atomic E-state index is 14.7. The van der Waals surface area contributed by atoms with Gasteiger partial charge in [-0.05, 0) is 45.5 Å². The van der Waals surface area contributed by atoms with Crippen LogP contribution in [0, 0.1) is 0 Å². The molecule has 0 saturated heterocycles. The van der Waals surface area contributed by atoms with Crippen LogP contribution >= 0.6 is 0 Å². The van der Waals surface area contributed by atoms with Crippen molar-refractivity contribution in [2.24, 2.45) is 0 Å². The zero-order valence-corrected chi connectivity index (χ0v) is 19.1. The van der Waals surface area contributed by atoms with E-state index in [-0.39, 0.29) is 18.7 Å². The Morgan fingerprint density at radius 3 is 2.79 bits per heavy atom. The van der Waals surface area contributed by atoms with Gasteiger partial charge in [0.1, 0.15) is 18.0 Å². The molecule has 176 valence electrons. The number of alkyl halides is 1. The van der Waals surface area contributed by atoms with Gasteiger partial charge in [0.25, 0.3) is 5.88 Å². The third kappa shape index (κ3) is 5.63. The molecule has 1 saturated carbocycles. The fourth-order valence-corrected chi connectivity index (χ4v) is 3.97. The third-order valence-corrected chi connectivity index (χ3v) is 5.81. The van der Waals surface area contributed by atoms with Gasteiger partial charge in [-0.3, -0.25) is 0 Å². The van der Waals surface area contributed by atoms with E-state index in [9.17, 15) is 4.39 Å². The zero-order chi connectivity index (χ0) is 23.2. The summed E-state index contributed by atoms with van der Waals surface area (Å²) in [5, 5.41) is 8.38. The molecule has 3 atom stereocenters. The Labute approximate surface area is 192 Å². The van der Waals surface area contributed by atoms with Gasteiger partial charge in [-0.2, -0.15) is 0 Å². The summed E-state index contributed by atoms with van der Waals surface area (Å²) in [6, 6.07) is 5.88. The smallest absolute Gasteiger partial charge is 0.252 e. The molecule has 0 aliphatic heterocycles. The number of hydrogen-bond donors (Lipinski definition) is 0. The quantitative estimate of drug-likeness (QED) is 0.377. The molecule has 0 radical (unpaired) electrons. The standard InChI is InChI=1S/C23H29FN6O3/c1-29(2)16-5-4-6-19(24)21(11-16)33-22-13-26-23(28-27-22)18-8-7-17(30-10-9-25-14-30)12-20(18)32-15-31-3/h7-10,12-14,16,19,21H,4-6,11,15H2,1-3H3/t16?,19-,21-/m0/s1. The molecular weight excluding hydrogens is 427 g/mol. The predicted octanol–water partition coefficient (Wildman–Crippen LogP) is 3.30. The van der Waals surface area contributed by atoms with Crippen molar-refractivity contribution in [2.45, 2.75) is 44.0 Å². The molecule has 1 aromatic carbocycles. The van der Waals surface area contributed by atoms with Crippen molar-refractivity contribution < 1.29 is 18.6 Å². The van der Waals surface area contributed by atoms with Crippen LogP contribution < -0.4 is 9.47 Å². The lowest BCUT2D eigenvalue weighted by molar-refractivity contribution is 0.0515. The highest BCUT2D eigenvalue weighted by atomic mass is 19.1. The molecule has 1 aliphatic rings. The molecule has 2 aromatic heterocycles. The van der Waals surface area contributed by atoms with E-state index < -0.39 is 12.3 Å². The topological polar surface area (TPSA) is 87.4 Å². The lowest BCUT2D eigenvalue weighted by Gasteiger charge is -2.26. The minimum atomic E-state index is -1.04. The molecule has 2 heterocycles. The van der Waals surface area contributed by atoms with Gasteiger partial charge < -0.3 is 23.7 Å². The van der Waals surface area contributed by atoms with E-state index >= 15 is 0 Å². The number of nitrogens with zero attached hydrogens (tertiary/aromatic N) is 6. The van der Waals surface area contributed by atoms with Crippen LogP contribution in [0.3, 0.4) is 0 Å². The minimum absolute atomic E-state index is 0.0710. The summed E-state index contributed by atoms with van der Waals surface area (Å²) < 4.78 is 33.2. The first-order valence-electron chi connectivity index (χ1n) is 11.0. The average Bonchev–Trinajstić information content (AvgIpc) is 3.30. The van der Waals surface area contributed by atoms with Crippen molar-refractivity contribution in [1.29, 1.82) is 0 Å². The average molecular weight is 457 g/mol. The first-order valence-corrected chi connectivity index (χ1v) is 11.0. The Morgan fingerprint density at radius 1 is 1.21 bits per heavy atom. The second kappa shape index (κ2) is 10.7. The summed E-state index contributed by atoms with van der Waals surface area (Å²) >= 11 is 0. The molecule has 33 heavy (non-hydrogen) atoms. The number of hydrogen-bond acceptors (Lipinski definition) is 8. The molecule has 1 aliphatic carbocycles. The van der Waals surface area contributed by atoms with Crippen molar-refractivity contribution in [2.75, 3.05) is 28.0 Å². The van der Waals surface area contributed by atoms with Crippen LogP contribution in [0.1, 0.15) is 25.7 Å². The highest BCUT2D eigenvalue weighted by Gasteiger charge is 2.31. The number of ether oxygens (including phenoxy) is 3. The van der Waals surface area contributed by atoms with Crippen molar-refractivity contribution >= 4 is 0 Å². The molecule has 9 nitrogen and oxygen atoms in total. The summed E-state index contributed by atoms with van der Waals surface area (Å²) in [6.45, 7) is 0.0710. The lowest BCUT2D eigenvalue weighted by Crippen LogP contribution is -2.36. The molecule has 0 N–H and O–H groups in total. The Hall–Kier alpha value is -3.11. The molecule has 1 unspecified atom stereocenters. The number of benzene rings is 1. The van der Waals surface area contributed by atoms with Crippen LogP contribution in [0.25, 0.3) is 17.1 Å². The third-order valence-electron chi connectivity index (χ3n) is 5.81. The summed E-state index contributed by atoms with van der Waals surface area (Å²) in [6.07, 6.45) is 7.98. The van der Waals surface area contributed by atoms with Crippen molar-refractivity contribution in [1.82, 2.24) is 29.6 Å². The van der Waals surface area contributed by atoms with Gasteiger partial charge in [0, 0.05) is 38.0 Å². The fraction of sp³-hybridized carbons (Fsp3) is 0.478. The second-order valence-corrected chi connectivity index (χ2v) is 8.28. The second-order valence-electron chi connectivity index (χ2n) is 8.28. The SMILES string of the molecule is COCOc1cc(-n2ccnc2)ccc1-c1ncc(O[C@H]2CC(N(C)C)CCC[C@@H]2F)nn1. The van der Waals surface area contributed by atoms with Gasteiger partial charge in [-0.15, -0.1) is 10.2 Å². The Morgan fingerprint density at radius 2 is 2.09 bits per heavy atom. The van der Waals surface area contributed by atoms with Crippen molar-refractivity contribution in [3.8, 4) is 28.7 Å². The maximum absolute atomic E-state index is 14.7. The van der Waals surface area contributed by atoms with Crippen molar-refractivity contribution in [3.05, 3.63) is 43.1 Å². The first kappa shape index (κ1) is 23.1. The first-order chi connectivity index (χ1) is 16.0. The van der Waals surface area contributed by atoms with E-state index in [1.807, 2.05) is 43.1 Å². The molecular formula is C23H29FN6O3. The molecule has 0 amide bonds. The zero-order valence-electron chi connectivity index (χ0n) is 19.1. The minimum Gasteiger partial charge on any atom is -0.469 e. The fourth-order valence-electron chi connectivity index (χ4n) is 3.97. The van der Waals surface area contributed by atoms with Crippen molar-refractivity contribution in [3.63, 3.8) is 0 Å². The molecule has 1 fully saturated rings. The summed E-state index contributed by atoms with van der Waals surface area (Å²) in [5.74, 6) is 1.12. The van der Waals surface area contributed by atoms with E-state index in [0.29, 0.717) is 30.0 Å². The molecule has 10 heteroatoms. The molecule has 4 rings (SSSR count). The van der Waals surface area contributed by atoms with Gasteiger partial charge in [-0.25, -0.2) is 14.4 Å². The summed E-state index contributed by atoms with van der Waals surface area (Å²) in [7, 11) is 5.58. The monoisotopic (exact) mass is 456 g/mol. The largest absolute Gasteiger partial charge is 0.469 e. The van der Waals surface area contributed by atoms with E-state index in [1.165, 1.54) is 6.20 Å². The summed E-state index contributed by atoms with van der Waals surface area (Å²) in [4.78, 5) is 10.6. The highest BCUT2D eigenvalue weighted by molar-refractivity contribution is 5.66. The Kier molecular flexibility index (Phi) is 7.46. The number of methoxy groups -OCH3 is 1. The lowest BCUT2D eigenvalue weighted by atomic mass is 10.1.